The second kappa shape index (κ2) is 4.48. The fraction of sp³-hybridized carbons (Fsp3) is 0.643. The van der Waals surface area contributed by atoms with Crippen LogP contribution in [0.15, 0.2) is 18.3 Å². The van der Waals surface area contributed by atoms with Gasteiger partial charge in [-0.05, 0) is 38.3 Å². The zero-order valence-electron chi connectivity index (χ0n) is 11.0. The van der Waals surface area contributed by atoms with Gasteiger partial charge >= 0.3 is 0 Å². The Morgan fingerprint density at radius 3 is 3.06 bits per heavy atom. The van der Waals surface area contributed by atoms with Crippen LogP contribution in [-0.4, -0.2) is 35.1 Å². The first-order chi connectivity index (χ1) is 8.59. The number of nitrogens with one attached hydrogen (secondary N) is 1. The van der Waals surface area contributed by atoms with Crippen molar-refractivity contribution in [2.75, 3.05) is 19.6 Å². The molecule has 2 unspecified atom stereocenters. The number of hydrogen-bond acceptors (Lipinski definition) is 3. The molecule has 2 aliphatic heterocycles. The molecule has 1 aromatic heterocycles. The van der Waals surface area contributed by atoms with Gasteiger partial charge in [-0.3, -0.25) is 4.90 Å². The first-order valence-electron chi connectivity index (χ1n) is 6.64. The van der Waals surface area contributed by atoms with Crippen molar-refractivity contribution in [2.45, 2.75) is 25.9 Å². The van der Waals surface area contributed by atoms with E-state index in [4.69, 9.17) is 11.6 Å². The Morgan fingerprint density at radius 2 is 2.33 bits per heavy atom. The first-order valence-corrected chi connectivity index (χ1v) is 7.02. The lowest BCUT2D eigenvalue weighted by atomic mass is 9.85. The molecule has 2 aliphatic rings. The third kappa shape index (κ3) is 1.94. The summed E-state index contributed by atoms with van der Waals surface area (Å²) in [6, 6.07) is 4.05. The van der Waals surface area contributed by atoms with Gasteiger partial charge in [0.25, 0.3) is 0 Å². The van der Waals surface area contributed by atoms with Gasteiger partial charge in [-0.1, -0.05) is 17.7 Å². The molecule has 3 nitrogen and oxygen atoms in total. The monoisotopic (exact) mass is 265 g/mol. The molecule has 2 atom stereocenters. The Morgan fingerprint density at radius 1 is 1.50 bits per heavy atom. The van der Waals surface area contributed by atoms with Crippen molar-refractivity contribution in [1.82, 2.24) is 15.2 Å². The lowest BCUT2D eigenvalue weighted by Crippen LogP contribution is -2.43. The van der Waals surface area contributed by atoms with Gasteiger partial charge in [-0.25, -0.2) is 4.98 Å². The summed E-state index contributed by atoms with van der Waals surface area (Å²) in [5.74, 6) is 1.54. The Labute approximate surface area is 114 Å². The largest absolute Gasteiger partial charge is 0.316 e. The number of aromatic nitrogens is 1. The SMILES string of the molecule is CC1(C)C2CNCC2CN1Cc1cccnc1Cl. The van der Waals surface area contributed by atoms with E-state index in [-0.39, 0.29) is 5.54 Å². The van der Waals surface area contributed by atoms with Crippen molar-refractivity contribution >= 4 is 11.6 Å². The van der Waals surface area contributed by atoms with E-state index in [1.54, 1.807) is 6.20 Å². The summed E-state index contributed by atoms with van der Waals surface area (Å²) in [5.41, 5.74) is 1.38. The van der Waals surface area contributed by atoms with Crippen LogP contribution >= 0.6 is 11.6 Å². The highest BCUT2D eigenvalue weighted by Crippen LogP contribution is 2.41. The van der Waals surface area contributed by atoms with Gasteiger partial charge in [0.1, 0.15) is 5.15 Å². The van der Waals surface area contributed by atoms with E-state index in [0.717, 1.165) is 43.6 Å². The smallest absolute Gasteiger partial charge is 0.133 e. The minimum Gasteiger partial charge on any atom is -0.316 e. The number of likely N-dealkylation sites (tertiary alicyclic amines) is 1. The molecule has 3 rings (SSSR count). The Bertz CT molecular complexity index is 446. The van der Waals surface area contributed by atoms with E-state index in [2.05, 4.69) is 35.1 Å². The van der Waals surface area contributed by atoms with Crippen molar-refractivity contribution in [3.8, 4) is 0 Å². The van der Waals surface area contributed by atoms with Crippen LogP contribution in [0.3, 0.4) is 0 Å². The standard InChI is InChI=1S/C14H20ClN3/c1-14(2)12-7-16-6-11(12)9-18(14)8-10-4-3-5-17-13(10)15/h3-5,11-12,16H,6-9H2,1-2H3. The highest BCUT2D eigenvalue weighted by Gasteiger charge is 2.49. The quantitative estimate of drug-likeness (QED) is 0.831. The lowest BCUT2D eigenvalue weighted by Gasteiger charge is -2.35. The first kappa shape index (κ1) is 12.4. The predicted octanol–water partition coefficient (Wildman–Crippen LogP) is 2.16. The number of pyridine rings is 1. The van der Waals surface area contributed by atoms with Crippen LogP contribution in [0.1, 0.15) is 19.4 Å². The van der Waals surface area contributed by atoms with Gasteiger partial charge in [-0.15, -0.1) is 0 Å². The molecule has 1 aromatic rings. The zero-order chi connectivity index (χ0) is 12.8. The maximum absolute atomic E-state index is 6.17. The van der Waals surface area contributed by atoms with Gasteiger partial charge in [-0.2, -0.15) is 0 Å². The molecule has 0 saturated carbocycles. The molecule has 0 aliphatic carbocycles. The molecular weight excluding hydrogens is 246 g/mol. The van der Waals surface area contributed by atoms with Gasteiger partial charge in [0, 0.05) is 36.9 Å². The lowest BCUT2D eigenvalue weighted by molar-refractivity contribution is 0.132. The summed E-state index contributed by atoms with van der Waals surface area (Å²) in [5, 5.41) is 4.15. The van der Waals surface area contributed by atoms with Gasteiger partial charge < -0.3 is 5.32 Å². The van der Waals surface area contributed by atoms with Crippen molar-refractivity contribution in [3.63, 3.8) is 0 Å². The van der Waals surface area contributed by atoms with E-state index in [1.807, 2.05) is 6.07 Å². The summed E-state index contributed by atoms with van der Waals surface area (Å²) in [7, 11) is 0. The summed E-state index contributed by atoms with van der Waals surface area (Å²) >= 11 is 6.17. The predicted molar refractivity (Wildman–Crippen MR) is 73.6 cm³/mol. The molecule has 0 amide bonds. The zero-order valence-corrected chi connectivity index (χ0v) is 11.7. The van der Waals surface area contributed by atoms with Gasteiger partial charge in [0.05, 0.1) is 0 Å². The maximum atomic E-state index is 6.17. The van der Waals surface area contributed by atoms with E-state index >= 15 is 0 Å². The van der Waals surface area contributed by atoms with Crippen LogP contribution in [0.2, 0.25) is 5.15 Å². The van der Waals surface area contributed by atoms with E-state index < -0.39 is 0 Å². The summed E-state index contributed by atoms with van der Waals surface area (Å²) in [4.78, 5) is 6.73. The molecule has 2 fully saturated rings. The normalized spacial score (nSPS) is 30.6. The molecule has 0 radical (unpaired) electrons. The van der Waals surface area contributed by atoms with Gasteiger partial charge in [0.15, 0.2) is 0 Å². The third-order valence-electron chi connectivity index (χ3n) is 4.71. The minimum absolute atomic E-state index is 0.243. The average Bonchev–Trinajstić information content (AvgIpc) is 2.87. The number of hydrogen-bond donors (Lipinski definition) is 1. The van der Waals surface area contributed by atoms with Crippen LogP contribution in [0, 0.1) is 11.8 Å². The second-order valence-corrected chi connectivity index (χ2v) is 6.37. The Kier molecular flexibility index (Phi) is 3.08. The molecule has 1 N–H and O–H groups in total. The maximum Gasteiger partial charge on any atom is 0.133 e. The summed E-state index contributed by atoms with van der Waals surface area (Å²) < 4.78 is 0. The van der Waals surface area contributed by atoms with Crippen LogP contribution in [-0.2, 0) is 6.54 Å². The molecule has 4 heteroatoms. The molecule has 98 valence electrons. The molecule has 3 heterocycles. The van der Waals surface area contributed by atoms with Crippen molar-refractivity contribution in [1.29, 1.82) is 0 Å². The van der Waals surface area contributed by atoms with Crippen molar-refractivity contribution in [2.24, 2.45) is 11.8 Å². The van der Waals surface area contributed by atoms with Crippen LogP contribution in [0.5, 0.6) is 0 Å². The van der Waals surface area contributed by atoms with Crippen LogP contribution in [0.25, 0.3) is 0 Å². The van der Waals surface area contributed by atoms with E-state index in [1.165, 1.54) is 0 Å². The molecule has 2 saturated heterocycles. The Balaban J connectivity index is 1.80. The fourth-order valence-corrected chi connectivity index (χ4v) is 3.69. The van der Waals surface area contributed by atoms with Crippen molar-refractivity contribution < 1.29 is 0 Å². The highest BCUT2D eigenvalue weighted by atomic mass is 35.5. The molecule has 0 spiro atoms. The molecular formula is C14H20ClN3. The molecule has 0 aromatic carbocycles. The number of halogens is 1. The molecule has 0 bridgehead atoms. The number of fused-ring (bicyclic) bond motifs is 1. The number of rotatable bonds is 2. The Hall–Kier alpha value is -0.640. The second-order valence-electron chi connectivity index (χ2n) is 6.01. The fourth-order valence-electron chi connectivity index (χ4n) is 3.52. The minimum atomic E-state index is 0.243. The highest BCUT2D eigenvalue weighted by molar-refractivity contribution is 6.30. The van der Waals surface area contributed by atoms with Gasteiger partial charge in [0.2, 0.25) is 0 Å². The number of nitrogens with zero attached hydrogens (tertiary/aromatic N) is 2. The van der Waals surface area contributed by atoms with E-state index in [9.17, 15) is 0 Å². The van der Waals surface area contributed by atoms with Crippen LogP contribution in [0.4, 0.5) is 0 Å². The molecule has 18 heavy (non-hydrogen) atoms. The van der Waals surface area contributed by atoms with E-state index in [0.29, 0.717) is 5.15 Å². The van der Waals surface area contributed by atoms with Crippen molar-refractivity contribution in [3.05, 3.63) is 29.0 Å². The third-order valence-corrected chi connectivity index (χ3v) is 5.06. The topological polar surface area (TPSA) is 28.2 Å². The summed E-state index contributed by atoms with van der Waals surface area (Å²) in [6.07, 6.45) is 1.75. The average molecular weight is 266 g/mol. The van der Waals surface area contributed by atoms with Crippen LogP contribution < -0.4 is 5.32 Å². The summed E-state index contributed by atoms with van der Waals surface area (Å²) in [6.45, 7) is 9.09.